The van der Waals surface area contributed by atoms with Crippen molar-refractivity contribution in [2.45, 2.75) is 57.5 Å². The topological polar surface area (TPSA) is 133 Å². The fraction of sp³-hybridized carbons (Fsp3) is 0.556. The van der Waals surface area contributed by atoms with Gasteiger partial charge in [-0.3, -0.25) is 10.1 Å². The van der Waals surface area contributed by atoms with Crippen LogP contribution in [-0.4, -0.2) is 55.7 Å². The van der Waals surface area contributed by atoms with E-state index in [-0.39, 0.29) is 11.3 Å². The van der Waals surface area contributed by atoms with Gasteiger partial charge in [-0.05, 0) is 33.8 Å². The second-order valence-electron chi connectivity index (χ2n) is 8.30. The van der Waals surface area contributed by atoms with Crippen LogP contribution in [0.15, 0.2) is 22.1 Å². The number of nitrogens with zero attached hydrogens (tertiary/aromatic N) is 3. The number of hydrogen-bond donors (Lipinski definition) is 3. The predicted octanol–water partition coefficient (Wildman–Crippen LogP) is 3.18. The van der Waals surface area contributed by atoms with Crippen molar-refractivity contribution in [1.29, 1.82) is 0 Å². The van der Waals surface area contributed by atoms with Crippen LogP contribution in [0.5, 0.6) is 0 Å². The number of aliphatic imine (C=N–C) groups is 1. The Hall–Kier alpha value is -3.25. The molecule has 0 aromatic carbocycles. The van der Waals surface area contributed by atoms with Crippen molar-refractivity contribution in [3.05, 3.63) is 28.2 Å². The first-order valence-corrected chi connectivity index (χ1v) is 9.03. The Balaban J connectivity index is 2.76. The number of aryl methyl sites for hydroxylation is 1. The zero-order valence-corrected chi connectivity index (χ0v) is 17.4. The van der Waals surface area contributed by atoms with E-state index in [1.54, 1.807) is 0 Å². The van der Waals surface area contributed by atoms with Crippen molar-refractivity contribution in [3.8, 4) is 0 Å². The zero-order valence-electron chi connectivity index (χ0n) is 17.4. The molecule has 0 bridgehead atoms. The standard InChI is InChI=1S/C18H23F3N4O6/c1-16(2,3)25(15(29)30)13-23-17(4,7-11(31-13)18(19,20)21)10-6-9(22-14(27)28)8-24(5)12(10)26/h6,8,11,22H,7H2,1-5H3,(H,27,28)(H,29,30)/t11-,17+/m0/s1. The largest absolute Gasteiger partial charge is 0.465 e. The Morgan fingerprint density at radius 1 is 1.32 bits per heavy atom. The number of rotatable bonds is 2. The quantitative estimate of drug-likeness (QED) is 0.636. The minimum absolute atomic E-state index is 0.0662. The number of halogens is 3. The van der Waals surface area contributed by atoms with E-state index >= 15 is 0 Å². The molecule has 2 atom stereocenters. The van der Waals surface area contributed by atoms with Gasteiger partial charge in [0.15, 0.2) is 6.10 Å². The van der Waals surface area contributed by atoms with Gasteiger partial charge in [0, 0.05) is 30.8 Å². The van der Waals surface area contributed by atoms with Gasteiger partial charge in [-0.15, -0.1) is 0 Å². The fourth-order valence-electron chi connectivity index (χ4n) is 3.21. The average molecular weight is 448 g/mol. The van der Waals surface area contributed by atoms with Crippen molar-refractivity contribution in [1.82, 2.24) is 9.47 Å². The van der Waals surface area contributed by atoms with Gasteiger partial charge in [0.25, 0.3) is 11.6 Å². The van der Waals surface area contributed by atoms with Crippen molar-refractivity contribution in [2.24, 2.45) is 12.0 Å². The number of anilines is 1. The minimum Gasteiger partial charge on any atom is -0.465 e. The number of alkyl halides is 3. The van der Waals surface area contributed by atoms with E-state index in [1.165, 1.54) is 34.7 Å². The average Bonchev–Trinajstić information content (AvgIpc) is 2.54. The van der Waals surface area contributed by atoms with E-state index in [0.717, 1.165) is 16.8 Å². The highest BCUT2D eigenvalue weighted by Crippen LogP contribution is 2.40. The van der Waals surface area contributed by atoms with Crippen LogP contribution in [0.1, 0.15) is 39.7 Å². The molecular formula is C18H23F3N4O6. The molecule has 2 heterocycles. The summed E-state index contributed by atoms with van der Waals surface area (Å²) in [7, 11) is 1.30. The van der Waals surface area contributed by atoms with Gasteiger partial charge >= 0.3 is 18.4 Å². The van der Waals surface area contributed by atoms with Gasteiger partial charge in [-0.2, -0.15) is 13.2 Å². The summed E-state index contributed by atoms with van der Waals surface area (Å²) >= 11 is 0. The molecular weight excluding hydrogens is 425 g/mol. The molecule has 172 valence electrons. The molecule has 0 aliphatic carbocycles. The summed E-state index contributed by atoms with van der Waals surface area (Å²) in [5, 5.41) is 20.6. The normalized spacial score (nSPS) is 21.7. The predicted molar refractivity (Wildman–Crippen MR) is 103 cm³/mol. The van der Waals surface area contributed by atoms with E-state index in [9.17, 15) is 32.7 Å². The van der Waals surface area contributed by atoms with Gasteiger partial charge < -0.3 is 19.5 Å². The van der Waals surface area contributed by atoms with Crippen molar-refractivity contribution in [3.63, 3.8) is 0 Å². The number of hydrogen-bond acceptors (Lipinski definition) is 5. The molecule has 2 rings (SSSR count). The summed E-state index contributed by atoms with van der Waals surface area (Å²) in [5.74, 6) is 0. The molecule has 0 unspecified atom stereocenters. The smallest absolute Gasteiger partial charge is 0.425 e. The number of pyridine rings is 1. The maximum atomic E-state index is 13.6. The molecule has 10 nitrogen and oxygen atoms in total. The Morgan fingerprint density at radius 3 is 2.35 bits per heavy atom. The zero-order chi connectivity index (χ0) is 23.9. The first kappa shape index (κ1) is 24.0. The first-order valence-electron chi connectivity index (χ1n) is 9.03. The molecule has 1 aromatic heterocycles. The molecule has 0 saturated carbocycles. The SMILES string of the molecule is Cn1cc(NC(=O)O)cc([C@@]2(C)C[C@@H](C(F)(F)F)OC(N(C(=O)O)C(C)(C)C)=N2)c1=O. The minimum atomic E-state index is -4.88. The Morgan fingerprint density at radius 2 is 1.90 bits per heavy atom. The number of amides is 2. The second-order valence-corrected chi connectivity index (χ2v) is 8.30. The third-order valence-corrected chi connectivity index (χ3v) is 4.61. The van der Waals surface area contributed by atoms with Crippen LogP contribution >= 0.6 is 0 Å². The lowest BCUT2D eigenvalue weighted by Crippen LogP contribution is -2.55. The van der Waals surface area contributed by atoms with Crippen LogP contribution in [-0.2, 0) is 17.3 Å². The Bertz CT molecular complexity index is 982. The lowest BCUT2D eigenvalue weighted by Gasteiger charge is -2.41. The fourth-order valence-corrected chi connectivity index (χ4v) is 3.21. The van der Waals surface area contributed by atoms with E-state index in [1.807, 2.05) is 5.32 Å². The number of amidine groups is 1. The summed E-state index contributed by atoms with van der Waals surface area (Å²) < 4.78 is 46.9. The molecule has 1 aliphatic rings. The summed E-state index contributed by atoms with van der Waals surface area (Å²) in [6.07, 6.45) is -10.0. The van der Waals surface area contributed by atoms with Gasteiger partial charge in [0.1, 0.15) is 0 Å². The number of nitrogens with one attached hydrogen (secondary N) is 1. The third-order valence-electron chi connectivity index (χ3n) is 4.61. The maximum absolute atomic E-state index is 13.6. The van der Waals surface area contributed by atoms with Gasteiger partial charge in [0.05, 0.1) is 11.2 Å². The highest BCUT2D eigenvalue weighted by Gasteiger charge is 2.52. The van der Waals surface area contributed by atoms with Gasteiger partial charge in [0.2, 0.25) is 0 Å². The summed E-state index contributed by atoms with van der Waals surface area (Å²) in [6, 6.07) is 0.271. The summed E-state index contributed by atoms with van der Waals surface area (Å²) in [6.45, 7) is 5.56. The molecule has 0 fully saturated rings. The molecule has 1 aliphatic heterocycles. The van der Waals surface area contributed by atoms with E-state index < -0.39 is 53.5 Å². The molecule has 0 radical (unpaired) electrons. The van der Waals surface area contributed by atoms with Crippen LogP contribution in [0.4, 0.5) is 28.4 Å². The first-order chi connectivity index (χ1) is 14.0. The van der Waals surface area contributed by atoms with E-state index in [4.69, 9.17) is 9.84 Å². The second kappa shape index (κ2) is 7.78. The van der Waals surface area contributed by atoms with Gasteiger partial charge in [-0.1, -0.05) is 0 Å². The number of ether oxygens (including phenoxy) is 1. The van der Waals surface area contributed by atoms with Crippen LogP contribution in [0.2, 0.25) is 0 Å². The maximum Gasteiger partial charge on any atom is 0.425 e. The molecule has 31 heavy (non-hydrogen) atoms. The Labute approximate surface area is 174 Å². The molecule has 1 aromatic rings. The summed E-state index contributed by atoms with van der Waals surface area (Å²) in [4.78, 5) is 40.2. The monoisotopic (exact) mass is 448 g/mol. The molecule has 0 saturated heterocycles. The van der Waals surface area contributed by atoms with Crippen molar-refractivity contribution in [2.75, 3.05) is 5.32 Å². The third kappa shape index (κ3) is 5.09. The molecule has 13 heteroatoms. The summed E-state index contributed by atoms with van der Waals surface area (Å²) in [5.41, 5.74) is -4.12. The van der Waals surface area contributed by atoms with Crippen molar-refractivity contribution < 1.29 is 37.7 Å². The van der Waals surface area contributed by atoms with Crippen LogP contribution in [0.3, 0.4) is 0 Å². The van der Waals surface area contributed by atoms with Crippen LogP contribution in [0, 0.1) is 0 Å². The number of aromatic nitrogens is 1. The van der Waals surface area contributed by atoms with E-state index in [2.05, 4.69) is 4.99 Å². The van der Waals surface area contributed by atoms with Crippen molar-refractivity contribution >= 4 is 23.9 Å². The van der Waals surface area contributed by atoms with Gasteiger partial charge in [-0.25, -0.2) is 19.5 Å². The highest BCUT2D eigenvalue weighted by atomic mass is 19.4. The highest BCUT2D eigenvalue weighted by molar-refractivity contribution is 5.91. The lowest BCUT2D eigenvalue weighted by molar-refractivity contribution is -0.210. The van der Waals surface area contributed by atoms with Crippen LogP contribution in [0.25, 0.3) is 0 Å². The lowest BCUT2D eigenvalue weighted by atomic mass is 9.86. The number of carbonyl (C=O) groups is 2. The Kier molecular flexibility index (Phi) is 6.03. The molecule has 0 spiro atoms. The van der Waals surface area contributed by atoms with Crippen LogP contribution < -0.4 is 10.9 Å². The molecule has 3 N–H and O–H groups in total. The van der Waals surface area contributed by atoms with E-state index in [0.29, 0.717) is 4.90 Å². The number of carboxylic acid groups (broad SMARTS) is 2. The molecule has 2 amide bonds.